The van der Waals surface area contributed by atoms with Crippen LogP contribution in [0.1, 0.15) is 10.4 Å². The third-order valence-corrected chi connectivity index (χ3v) is 1.75. The van der Waals surface area contributed by atoms with E-state index in [1.54, 1.807) is 0 Å². The lowest BCUT2D eigenvalue weighted by Gasteiger charge is -1.98. The Hall–Kier alpha value is -1.80. The van der Waals surface area contributed by atoms with Crippen LogP contribution in [0.25, 0.3) is 0 Å². The molecule has 7 nitrogen and oxygen atoms in total. The van der Waals surface area contributed by atoms with Crippen LogP contribution in [0.2, 0.25) is 0 Å². The summed E-state index contributed by atoms with van der Waals surface area (Å²) in [5.41, 5.74) is -0.223. The van der Waals surface area contributed by atoms with E-state index in [0.29, 0.717) is 0 Å². The number of non-ortho nitro benzene ring substituents is 1. The summed E-state index contributed by atoms with van der Waals surface area (Å²) >= 11 is -2.69. The second-order valence-corrected chi connectivity index (χ2v) is 2.99. The molecule has 0 saturated carbocycles. The van der Waals surface area contributed by atoms with Crippen LogP contribution in [0.15, 0.2) is 24.3 Å². The summed E-state index contributed by atoms with van der Waals surface area (Å²) in [6, 6.07) is 4.45. The normalized spacial score (nSPS) is 11.8. The third-order valence-electron chi connectivity index (χ3n) is 1.46. The van der Waals surface area contributed by atoms with E-state index < -0.39 is 22.3 Å². The fourth-order valence-corrected chi connectivity index (χ4v) is 1.06. The predicted octanol–water partition coefficient (Wildman–Crippen LogP) is 0.888. The smallest absolute Gasteiger partial charge is 0.339 e. The van der Waals surface area contributed by atoms with E-state index in [9.17, 15) is 19.1 Å². The van der Waals surface area contributed by atoms with Crippen molar-refractivity contribution in [2.45, 2.75) is 0 Å². The number of nitro benzene ring substituents is 1. The lowest BCUT2D eigenvalue weighted by atomic mass is 10.2. The Bertz CT molecular complexity index is 414. The summed E-state index contributed by atoms with van der Waals surface area (Å²) in [4.78, 5) is 20.6. The van der Waals surface area contributed by atoms with Gasteiger partial charge in [-0.15, -0.1) is 0 Å². The Kier molecular flexibility index (Phi) is 3.47. The minimum Gasteiger partial charge on any atom is -0.339 e. The molecular weight excluding hydrogens is 226 g/mol. The van der Waals surface area contributed by atoms with Crippen molar-refractivity contribution >= 4 is 23.0 Å². The van der Waals surface area contributed by atoms with E-state index in [-0.39, 0.29) is 11.3 Å². The van der Waals surface area contributed by atoms with E-state index in [2.05, 4.69) is 4.18 Å². The number of carbonyl (C=O) groups is 1. The summed E-state index contributed by atoms with van der Waals surface area (Å²) < 4.78 is 22.3. The van der Waals surface area contributed by atoms with Crippen LogP contribution in [0, 0.1) is 10.1 Å². The summed E-state index contributed by atoms with van der Waals surface area (Å²) in [5, 5.41) is 10.3. The van der Waals surface area contributed by atoms with E-state index >= 15 is 0 Å². The van der Waals surface area contributed by atoms with Gasteiger partial charge in [0, 0.05) is 12.1 Å². The van der Waals surface area contributed by atoms with Crippen molar-refractivity contribution in [3.63, 3.8) is 0 Å². The summed E-state index contributed by atoms with van der Waals surface area (Å²) in [5.74, 6) is -1.02. The van der Waals surface area contributed by atoms with E-state index in [1.165, 1.54) is 0 Å². The first kappa shape index (κ1) is 11.3. The number of nitrogens with zero attached hydrogens (tertiary/aromatic N) is 1. The van der Waals surface area contributed by atoms with Crippen molar-refractivity contribution in [1.29, 1.82) is 0 Å². The summed E-state index contributed by atoms with van der Waals surface area (Å²) in [6.07, 6.45) is 0. The van der Waals surface area contributed by atoms with Crippen molar-refractivity contribution in [3.8, 4) is 0 Å². The van der Waals surface area contributed by atoms with Crippen molar-refractivity contribution < 1.29 is 22.7 Å². The largest absolute Gasteiger partial charge is 0.360 e. The second kappa shape index (κ2) is 4.62. The zero-order chi connectivity index (χ0) is 11.4. The molecule has 0 bridgehead atoms. The standard InChI is InChI=1S/C7H5NO6S/c9-7(14-15(12)13)5-1-3-6(4-2-5)8(10)11/h1-4H,(H,12,13). The van der Waals surface area contributed by atoms with Crippen LogP contribution in [0.4, 0.5) is 5.69 Å². The van der Waals surface area contributed by atoms with Gasteiger partial charge in [0.1, 0.15) is 0 Å². The summed E-state index contributed by atoms with van der Waals surface area (Å²) in [7, 11) is 0. The highest BCUT2D eigenvalue weighted by Gasteiger charge is 2.12. The molecular formula is C7H5NO6S. The maximum atomic E-state index is 11.0. The quantitative estimate of drug-likeness (QED) is 0.470. The fourth-order valence-electron chi connectivity index (χ4n) is 0.832. The molecule has 0 spiro atoms. The Morgan fingerprint density at radius 3 is 2.33 bits per heavy atom. The monoisotopic (exact) mass is 231 g/mol. The zero-order valence-corrected chi connectivity index (χ0v) is 7.97. The van der Waals surface area contributed by atoms with Crippen LogP contribution in [-0.4, -0.2) is 19.7 Å². The highest BCUT2D eigenvalue weighted by Crippen LogP contribution is 2.12. The van der Waals surface area contributed by atoms with E-state index in [0.717, 1.165) is 24.3 Å². The van der Waals surface area contributed by atoms with Crippen molar-refractivity contribution in [2.24, 2.45) is 0 Å². The molecule has 15 heavy (non-hydrogen) atoms. The number of carbonyl (C=O) groups excluding carboxylic acids is 1. The minimum atomic E-state index is -2.69. The number of hydrogen-bond acceptors (Lipinski definition) is 5. The number of nitro groups is 1. The van der Waals surface area contributed by atoms with Gasteiger partial charge in [0.05, 0.1) is 10.5 Å². The van der Waals surface area contributed by atoms with Gasteiger partial charge >= 0.3 is 17.3 Å². The molecule has 0 aromatic heterocycles. The first-order chi connectivity index (χ1) is 7.00. The molecule has 8 heteroatoms. The molecule has 80 valence electrons. The van der Waals surface area contributed by atoms with Gasteiger partial charge in [0.15, 0.2) is 0 Å². The molecule has 0 radical (unpaired) electrons. The lowest BCUT2D eigenvalue weighted by molar-refractivity contribution is -0.384. The minimum absolute atomic E-state index is 0.0389. The van der Waals surface area contributed by atoms with Gasteiger partial charge < -0.3 is 4.18 Å². The molecule has 0 aliphatic rings. The Balaban J connectivity index is 2.84. The van der Waals surface area contributed by atoms with Gasteiger partial charge in [-0.25, -0.2) is 4.79 Å². The van der Waals surface area contributed by atoms with Gasteiger partial charge in [-0.1, -0.05) is 0 Å². The van der Waals surface area contributed by atoms with Gasteiger partial charge in [-0.3, -0.25) is 14.7 Å². The predicted molar refractivity (Wildman–Crippen MR) is 49.3 cm³/mol. The highest BCUT2D eigenvalue weighted by molar-refractivity contribution is 7.74. The van der Waals surface area contributed by atoms with Crippen LogP contribution < -0.4 is 0 Å². The van der Waals surface area contributed by atoms with Crippen LogP contribution in [-0.2, 0) is 15.5 Å². The molecule has 0 saturated heterocycles. The zero-order valence-electron chi connectivity index (χ0n) is 7.15. The van der Waals surface area contributed by atoms with E-state index in [4.69, 9.17) is 4.55 Å². The lowest BCUT2D eigenvalue weighted by Crippen LogP contribution is -2.06. The molecule has 1 rings (SSSR count). The molecule has 0 fully saturated rings. The fraction of sp³-hybridized carbons (Fsp3) is 0. The average Bonchev–Trinajstić information content (AvgIpc) is 2.17. The molecule has 1 unspecified atom stereocenters. The molecule has 1 atom stereocenters. The maximum absolute atomic E-state index is 11.0. The average molecular weight is 231 g/mol. The molecule has 0 aliphatic carbocycles. The van der Waals surface area contributed by atoms with Crippen molar-refractivity contribution in [3.05, 3.63) is 39.9 Å². The third kappa shape index (κ3) is 3.11. The van der Waals surface area contributed by atoms with Crippen LogP contribution in [0.5, 0.6) is 0 Å². The number of rotatable bonds is 3. The van der Waals surface area contributed by atoms with Gasteiger partial charge in [0.25, 0.3) is 5.69 Å². The highest BCUT2D eigenvalue weighted by atomic mass is 32.2. The van der Waals surface area contributed by atoms with Gasteiger partial charge in [-0.2, -0.15) is 4.21 Å². The maximum Gasteiger partial charge on any atom is 0.360 e. The SMILES string of the molecule is O=C(OS(=O)O)c1ccc([N+](=O)[O-])cc1. The number of benzene rings is 1. The molecule has 1 aromatic carbocycles. The van der Waals surface area contributed by atoms with Gasteiger partial charge in [-0.05, 0) is 12.1 Å². The Morgan fingerprint density at radius 2 is 1.93 bits per heavy atom. The molecule has 0 heterocycles. The van der Waals surface area contributed by atoms with Gasteiger partial charge in [0.2, 0.25) is 0 Å². The summed E-state index contributed by atoms with van der Waals surface area (Å²) in [6.45, 7) is 0. The Morgan fingerprint density at radius 1 is 1.40 bits per heavy atom. The molecule has 1 N–H and O–H groups in total. The van der Waals surface area contributed by atoms with Crippen molar-refractivity contribution in [1.82, 2.24) is 0 Å². The first-order valence-corrected chi connectivity index (χ1v) is 4.62. The van der Waals surface area contributed by atoms with Crippen molar-refractivity contribution in [2.75, 3.05) is 0 Å². The second-order valence-electron chi connectivity index (χ2n) is 2.39. The molecule has 1 aromatic rings. The topological polar surface area (TPSA) is 107 Å². The molecule has 0 aliphatic heterocycles. The van der Waals surface area contributed by atoms with Crippen LogP contribution in [0.3, 0.4) is 0 Å². The Labute approximate surface area is 86.3 Å². The first-order valence-electron chi connectivity index (χ1n) is 3.58. The van der Waals surface area contributed by atoms with E-state index in [1.807, 2.05) is 0 Å². The number of hydrogen-bond donors (Lipinski definition) is 1. The molecule has 0 amide bonds. The van der Waals surface area contributed by atoms with Crippen LogP contribution >= 0.6 is 0 Å².